The van der Waals surface area contributed by atoms with Crippen molar-refractivity contribution in [2.75, 3.05) is 18.1 Å². The number of nitrogens with one attached hydrogen (secondary N) is 1. The molecule has 0 fully saturated rings. The average Bonchev–Trinajstić information content (AvgIpc) is 2.87. The molecule has 0 saturated carbocycles. The first-order valence-corrected chi connectivity index (χ1v) is 6.29. The van der Waals surface area contributed by atoms with E-state index < -0.39 is 0 Å². The number of fused-ring (bicyclic) bond motifs is 1. The third-order valence-corrected chi connectivity index (χ3v) is 3.18. The molecule has 0 aliphatic carbocycles. The van der Waals surface area contributed by atoms with Gasteiger partial charge in [0.15, 0.2) is 5.82 Å². The molecule has 3 aromatic rings. The van der Waals surface area contributed by atoms with E-state index in [1.54, 1.807) is 6.20 Å². The zero-order valence-corrected chi connectivity index (χ0v) is 11.1. The molecule has 0 atom stereocenters. The number of nitrogen functional groups attached to an aromatic ring is 2. The molecule has 1 aromatic carbocycles. The SMILES string of the molecule is Nc1nccc(-c2ccc3[nH]nc(N)c3c2)c1C#CCO. The Balaban J connectivity index is 2.22. The highest BCUT2D eigenvalue weighted by atomic mass is 16.2. The zero-order valence-electron chi connectivity index (χ0n) is 11.1. The fourth-order valence-electron chi connectivity index (χ4n) is 2.18. The van der Waals surface area contributed by atoms with Crippen LogP contribution in [-0.2, 0) is 0 Å². The summed E-state index contributed by atoms with van der Waals surface area (Å²) in [4.78, 5) is 4.04. The molecule has 0 unspecified atom stereocenters. The van der Waals surface area contributed by atoms with E-state index in [9.17, 15) is 0 Å². The first-order chi connectivity index (χ1) is 10.2. The number of rotatable bonds is 1. The van der Waals surface area contributed by atoms with Crippen molar-refractivity contribution in [2.45, 2.75) is 0 Å². The second-order valence-corrected chi connectivity index (χ2v) is 4.45. The molecule has 2 heterocycles. The summed E-state index contributed by atoms with van der Waals surface area (Å²) in [5.41, 5.74) is 14.9. The molecule has 6 heteroatoms. The van der Waals surface area contributed by atoms with Crippen LogP contribution >= 0.6 is 0 Å². The molecule has 0 bridgehead atoms. The van der Waals surface area contributed by atoms with Gasteiger partial charge in [-0.3, -0.25) is 5.10 Å². The van der Waals surface area contributed by atoms with Crippen LogP contribution in [-0.4, -0.2) is 26.9 Å². The largest absolute Gasteiger partial charge is 0.384 e. The maximum absolute atomic E-state index is 8.87. The van der Waals surface area contributed by atoms with Crippen LogP contribution in [0.1, 0.15) is 5.56 Å². The van der Waals surface area contributed by atoms with Crippen LogP contribution in [0.5, 0.6) is 0 Å². The van der Waals surface area contributed by atoms with Gasteiger partial charge in [0.05, 0.1) is 11.1 Å². The lowest BCUT2D eigenvalue weighted by Gasteiger charge is -2.07. The molecule has 6 nitrogen and oxygen atoms in total. The minimum Gasteiger partial charge on any atom is -0.384 e. The lowest BCUT2D eigenvalue weighted by molar-refractivity contribution is 0.350. The molecule has 0 amide bonds. The van der Waals surface area contributed by atoms with Gasteiger partial charge in [-0.15, -0.1) is 0 Å². The molecule has 0 spiro atoms. The maximum atomic E-state index is 8.87. The van der Waals surface area contributed by atoms with E-state index in [0.29, 0.717) is 17.2 Å². The van der Waals surface area contributed by atoms with Gasteiger partial charge in [0.25, 0.3) is 0 Å². The molecule has 6 N–H and O–H groups in total. The summed E-state index contributed by atoms with van der Waals surface area (Å²) in [6.45, 7) is -0.235. The Morgan fingerprint density at radius 1 is 1.19 bits per heavy atom. The molecule has 3 rings (SSSR count). The number of hydrogen-bond donors (Lipinski definition) is 4. The number of aromatic amines is 1. The van der Waals surface area contributed by atoms with Gasteiger partial charge in [-0.25, -0.2) is 4.98 Å². The summed E-state index contributed by atoms with van der Waals surface area (Å²) < 4.78 is 0. The number of nitrogens with zero attached hydrogens (tertiary/aromatic N) is 2. The van der Waals surface area contributed by atoms with E-state index in [1.807, 2.05) is 24.3 Å². The van der Waals surface area contributed by atoms with Crippen LogP contribution in [0.4, 0.5) is 11.6 Å². The molecule has 0 saturated heterocycles. The second kappa shape index (κ2) is 5.15. The van der Waals surface area contributed by atoms with E-state index in [4.69, 9.17) is 16.6 Å². The van der Waals surface area contributed by atoms with Gasteiger partial charge in [-0.2, -0.15) is 5.10 Å². The van der Waals surface area contributed by atoms with Gasteiger partial charge in [-0.05, 0) is 23.8 Å². The monoisotopic (exact) mass is 279 g/mol. The summed E-state index contributed by atoms with van der Waals surface area (Å²) in [5, 5.41) is 16.5. The Morgan fingerprint density at radius 2 is 2.05 bits per heavy atom. The Hall–Kier alpha value is -3.04. The van der Waals surface area contributed by atoms with Gasteiger partial charge in [0.1, 0.15) is 12.4 Å². The Labute approximate surface area is 120 Å². The lowest BCUT2D eigenvalue weighted by Crippen LogP contribution is -1.97. The van der Waals surface area contributed by atoms with Crippen molar-refractivity contribution < 1.29 is 5.11 Å². The molecule has 21 heavy (non-hydrogen) atoms. The van der Waals surface area contributed by atoms with Crippen LogP contribution in [0.2, 0.25) is 0 Å². The van der Waals surface area contributed by atoms with E-state index in [2.05, 4.69) is 27.0 Å². The number of H-pyrrole nitrogens is 1. The van der Waals surface area contributed by atoms with Crippen LogP contribution in [0.15, 0.2) is 30.5 Å². The molecule has 104 valence electrons. The lowest BCUT2D eigenvalue weighted by atomic mass is 10.00. The van der Waals surface area contributed by atoms with Gasteiger partial charge in [0, 0.05) is 17.1 Å². The number of aliphatic hydroxyl groups excluding tert-OH is 1. The van der Waals surface area contributed by atoms with Crippen molar-refractivity contribution in [3.63, 3.8) is 0 Å². The standard InChI is InChI=1S/C15H13N5O/c16-14-11(2-1-7-21)10(5-6-18-14)9-3-4-13-12(8-9)15(17)20-19-13/h3-6,8,21H,7H2,(H2,16,18)(H3,17,19,20). The van der Waals surface area contributed by atoms with Crippen LogP contribution < -0.4 is 11.5 Å². The first kappa shape index (κ1) is 13.0. The van der Waals surface area contributed by atoms with Gasteiger partial charge >= 0.3 is 0 Å². The van der Waals surface area contributed by atoms with Crippen LogP contribution in [0.25, 0.3) is 22.0 Å². The summed E-state index contributed by atoms with van der Waals surface area (Å²) in [6, 6.07) is 7.58. The fraction of sp³-hybridized carbons (Fsp3) is 0.0667. The number of benzene rings is 1. The molecular formula is C15H13N5O. The van der Waals surface area contributed by atoms with Crippen molar-refractivity contribution in [2.24, 2.45) is 0 Å². The highest BCUT2D eigenvalue weighted by Gasteiger charge is 2.10. The van der Waals surface area contributed by atoms with E-state index in [0.717, 1.165) is 22.0 Å². The van der Waals surface area contributed by atoms with Crippen molar-refractivity contribution in [1.29, 1.82) is 0 Å². The third kappa shape index (κ3) is 2.26. The molecule has 0 radical (unpaired) electrons. The number of anilines is 2. The van der Waals surface area contributed by atoms with Crippen LogP contribution in [0, 0.1) is 11.8 Å². The highest BCUT2D eigenvalue weighted by Crippen LogP contribution is 2.29. The molecule has 2 aromatic heterocycles. The normalized spacial score (nSPS) is 10.3. The molecular weight excluding hydrogens is 266 g/mol. The number of pyridine rings is 1. The number of hydrogen-bond acceptors (Lipinski definition) is 5. The smallest absolute Gasteiger partial charge is 0.153 e. The summed E-state index contributed by atoms with van der Waals surface area (Å²) >= 11 is 0. The topological polar surface area (TPSA) is 114 Å². The third-order valence-electron chi connectivity index (χ3n) is 3.18. The summed E-state index contributed by atoms with van der Waals surface area (Å²) in [6.07, 6.45) is 1.62. The summed E-state index contributed by atoms with van der Waals surface area (Å²) in [5.74, 6) is 6.21. The number of aromatic nitrogens is 3. The van der Waals surface area contributed by atoms with E-state index in [-0.39, 0.29) is 6.61 Å². The average molecular weight is 279 g/mol. The van der Waals surface area contributed by atoms with Crippen molar-refractivity contribution in [3.8, 4) is 23.0 Å². The predicted molar refractivity (Wildman–Crippen MR) is 82.1 cm³/mol. The maximum Gasteiger partial charge on any atom is 0.153 e. The van der Waals surface area contributed by atoms with Gasteiger partial charge in [0.2, 0.25) is 0 Å². The predicted octanol–water partition coefficient (Wildman–Crippen LogP) is 1.13. The molecule has 0 aliphatic rings. The van der Waals surface area contributed by atoms with Gasteiger partial charge < -0.3 is 16.6 Å². The van der Waals surface area contributed by atoms with E-state index in [1.165, 1.54) is 0 Å². The van der Waals surface area contributed by atoms with Crippen molar-refractivity contribution >= 4 is 22.5 Å². The molecule has 0 aliphatic heterocycles. The minimum absolute atomic E-state index is 0.235. The summed E-state index contributed by atoms with van der Waals surface area (Å²) in [7, 11) is 0. The zero-order chi connectivity index (χ0) is 14.8. The van der Waals surface area contributed by atoms with Crippen molar-refractivity contribution in [3.05, 3.63) is 36.0 Å². The van der Waals surface area contributed by atoms with Gasteiger partial charge in [-0.1, -0.05) is 17.9 Å². The number of nitrogens with two attached hydrogens (primary N) is 2. The fourth-order valence-corrected chi connectivity index (χ4v) is 2.18. The second-order valence-electron chi connectivity index (χ2n) is 4.45. The van der Waals surface area contributed by atoms with Crippen LogP contribution in [0.3, 0.4) is 0 Å². The number of aliphatic hydroxyl groups is 1. The van der Waals surface area contributed by atoms with Crippen molar-refractivity contribution in [1.82, 2.24) is 15.2 Å². The first-order valence-electron chi connectivity index (χ1n) is 6.29. The Morgan fingerprint density at radius 3 is 2.86 bits per heavy atom. The quantitative estimate of drug-likeness (QED) is 0.499. The Kier molecular flexibility index (Phi) is 3.18. The Bertz CT molecular complexity index is 873. The van der Waals surface area contributed by atoms with E-state index >= 15 is 0 Å². The highest BCUT2D eigenvalue weighted by molar-refractivity contribution is 5.93. The minimum atomic E-state index is -0.235.